The first-order chi connectivity index (χ1) is 12.7. The van der Waals surface area contributed by atoms with Crippen LogP contribution in [-0.4, -0.2) is 52.3 Å². The van der Waals surface area contributed by atoms with Crippen molar-refractivity contribution in [1.82, 2.24) is 10.2 Å². The maximum Gasteiger partial charge on any atom is 0.303 e. The average molecular weight is 373 g/mol. The highest BCUT2D eigenvalue weighted by Gasteiger charge is 2.43. The number of rotatable bonds is 5. The molecule has 0 radical (unpaired) electrons. The van der Waals surface area contributed by atoms with Gasteiger partial charge < -0.3 is 20.6 Å². The Morgan fingerprint density at radius 1 is 1.26 bits per heavy atom. The van der Waals surface area contributed by atoms with Crippen molar-refractivity contribution >= 4 is 29.4 Å². The van der Waals surface area contributed by atoms with E-state index in [0.717, 1.165) is 0 Å². The van der Waals surface area contributed by atoms with Gasteiger partial charge in [-0.3, -0.25) is 19.2 Å². The summed E-state index contributed by atoms with van der Waals surface area (Å²) >= 11 is 0. The van der Waals surface area contributed by atoms with Crippen molar-refractivity contribution in [3.8, 4) is 0 Å². The van der Waals surface area contributed by atoms with Gasteiger partial charge in [0.1, 0.15) is 6.04 Å². The van der Waals surface area contributed by atoms with Gasteiger partial charge in [-0.1, -0.05) is 26.0 Å². The first-order valence-corrected chi connectivity index (χ1v) is 8.88. The Morgan fingerprint density at radius 3 is 2.67 bits per heavy atom. The highest BCUT2D eigenvalue weighted by molar-refractivity contribution is 6.10. The van der Waals surface area contributed by atoms with Crippen LogP contribution in [0.25, 0.3) is 0 Å². The Kier molecular flexibility index (Phi) is 4.91. The number of carboxylic acid groups (broad SMARTS) is 1. The quantitative estimate of drug-likeness (QED) is 0.718. The van der Waals surface area contributed by atoms with E-state index in [1.165, 1.54) is 4.90 Å². The summed E-state index contributed by atoms with van der Waals surface area (Å²) in [7, 11) is 0. The lowest BCUT2D eigenvalue weighted by atomic mass is 9.85. The van der Waals surface area contributed by atoms with Gasteiger partial charge in [-0.05, 0) is 24.0 Å². The molecule has 0 aromatic heterocycles. The highest BCUT2D eigenvalue weighted by atomic mass is 16.4. The number of carbonyl (C=O) groups is 4. The van der Waals surface area contributed by atoms with E-state index < -0.39 is 17.4 Å². The fraction of sp³-hybridized carbons (Fsp3) is 0.474. The molecular weight excluding hydrogens is 350 g/mol. The lowest BCUT2D eigenvalue weighted by Crippen LogP contribution is -2.41. The van der Waals surface area contributed by atoms with E-state index in [-0.39, 0.29) is 43.1 Å². The topological polar surface area (TPSA) is 116 Å². The molecule has 0 bridgehead atoms. The molecule has 3 N–H and O–H groups in total. The van der Waals surface area contributed by atoms with Crippen LogP contribution in [0.4, 0.5) is 5.69 Å². The van der Waals surface area contributed by atoms with Crippen molar-refractivity contribution in [2.75, 3.05) is 11.9 Å². The van der Waals surface area contributed by atoms with Crippen LogP contribution in [0.1, 0.15) is 43.5 Å². The predicted molar refractivity (Wildman–Crippen MR) is 97.1 cm³/mol. The Morgan fingerprint density at radius 2 is 1.96 bits per heavy atom. The lowest BCUT2D eigenvalue weighted by Gasteiger charge is -2.23. The molecule has 2 atom stereocenters. The van der Waals surface area contributed by atoms with Gasteiger partial charge in [0.05, 0.1) is 17.7 Å². The van der Waals surface area contributed by atoms with Gasteiger partial charge in [-0.25, -0.2) is 0 Å². The number of aliphatic carboxylic acids is 1. The third kappa shape index (κ3) is 4.10. The van der Waals surface area contributed by atoms with E-state index >= 15 is 0 Å². The second-order valence-electron chi connectivity index (χ2n) is 7.92. The summed E-state index contributed by atoms with van der Waals surface area (Å²) in [5.74, 6) is -1.74. The average Bonchev–Trinajstić information content (AvgIpc) is 2.92. The maximum atomic E-state index is 12.8. The zero-order valence-electron chi connectivity index (χ0n) is 15.3. The Hall–Kier alpha value is -2.90. The van der Waals surface area contributed by atoms with E-state index in [4.69, 9.17) is 5.11 Å². The van der Waals surface area contributed by atoms with Gasteiger partial charge in [0, 0.05) is 19.0 Å². The van der Waals surface area contributed by atoms with Gasteiger partial charge in [-0.2, -0.15) is 0 Å². The summed E-state index contributed by atoms with van der Waals surface area (Å²) in [4.78, 5) is 50.0. The van der Waals surface area contributed by atoms with Crippen LogP contribution in [0, 0.1) is 5.41 Å². The Bertz CT molecular complexity index is 804. The Balaban J connectivity index is 1.68. The molecule has 1 saturated heterocycles. The number of anilines is 1. The van der Waals surface area contributed by atoms with Crippen molar-refractivity contribution in [2.24, 2.45) is 5.41 Å². The van der Waals surface area contributed by atoms with Crippen molar-refractivity contribution in [3.63, 3.8) is 0 Å². The molecule has 1 aromatic carbocycles. The number of fused-ring (bicyclic) bond motifs is 2. The number of amides is 3. The summed E-state index contributed by atoms with van der Waals surface area (Å²) in [6.45, 7) is 3.68. The minimum absolute atomic E-state index is 0.0590. The summed E-state index contributed by atoms with van der Waals surface area (Å²) in [5.41, 5.74) is 0.256. The molecule has 1 aromatic rings. The smallest absolute Gasteiger partial charge is 0.303 e. The molecule has 144 valence electrons. The number of carboxylic acids is 1. The fourth-order valence-electron chi connectivity index (χ4n) is 3.75. The van der Waals surface area contributed by atoms with Gasteiger partial charge in [0.15, 0.2) is 0 Å². The second kappa shape index (κ2) is 7.02. The monoisotopic (exact) mass is 373 g/mol. The molecule has 0 unspecified atom stereocenters. The number of hydrogen-bond donors (Lipinski definition) is 3. The SMILES string of the molecule is CC(C)(CC(=O)O)CC(=O)N[C@@H]1C[C@@H]2C(=O)Nc3ccccc3C(=O)N2C1. The van der Waals surface area contributed by atoms with Crippen LogP contribution in [0.2, 0.25) is 0 Å². The summed E-state index contributed by atoms with van der Waals surface area (Å²) in [6, 6.07) is 5.87. The molecule has 0 aliphatic carbocycles. The number of para-hydroxylation sites is 1. The molecule has 8 nitrogen and oxygen atoms in total. The van der Waals surface area contributed by atoms with Crippen LogP contribution in [-0.2, 0) is 14.4 Å². The standard InChI is InChI=1S/C19H23N3O5/c1-19(2,9-16(24)25)8-15(23)20-11-7-14-17(26)21-13-6-4-3-5-12(13)18(27)22(14)10-11/h3-6,11,14H,7-10H2,1-2H3,(H,20,23)(H,21,26)(H,24,25)/t11-,14-/m1/s1. The third-order valence-electron chi connectivity index (χ3n) is 4.91. The van der Waals surface area contributed by atoms with E-state index in [9.17, 15) is 19.2 Å². The van der Waals surface area contributed by atoms with Gasteiger partial charge in [0.2, 0.25) is 11.8 Å². The molecule has 3 rings (SSSR count). The van der Waals surface area contributed by atoms with Gasteiger partial charge >= 0.3 is 5.97 Å². The molecule has 2 aliphatic heterocycles. The fourth-order valence-corrected chi connectivity index (χ4v) is 3.75. The first kappa shape index (κ1) is 18.9. The van der Waals surface area contributed by atoms with Crippen molar-refractivity contribution in [2.45, 2.75) is 45.2 Å². The van der Waals surface area contributed by atoms with Crippen LogP contribution >= 0.6 is 0 Å². The van der Waals surface area contributed by atoms with Crippen LogP contribution in [0.3, 0.4) is 0 Å². The second-order valence-corrected chi connectivity index (χ2v) is 7.92. The number of benzene rings is 1. The van der Waals surface area contributed by atoms with Crippen molar-refractivity contribution < 1.29 is 24.3 Å². The molecular formula is C19H23N3O5. The maximum absolute atomic E-state index is 12.8. The normalized spacial score (nSPS) is 21.8. The minimum Gasteiger partial charge on any atom is -0.481 e. The molecule has 2 aliphatic rings. The number of hydrogen-bond acceptors (Lipinski definition) is 4. The molecule has 3 amide bonds. The van der Waals surface area contributed by atoms with Crippen LogP contribution in [0.15, 0.2) is 24.3 Å². The Labute approximate surface area is 156 Å². The van der Waals surface area contributed by atoms with Gasteiger partial charge in [0.25, 0.3) is 5.91 Å². The largest absolute Gasteiger partial charge is 0.481 e. The van der Waals surface area contributed by atoms with Crippen LogP contribution < -0.4 is 10.6 Å². The van der Waals surface area contributed by atoms with Crippen molar-refractivity contribution in [3.05, 3.63) is 29.8 Å². The summed E-state index contributed by atoms with van der Waals surface area (Å²) in [6.07, 6.45) is 0.275. The number of nitrogens with zero attached hydrogens (tertiary/aromatic N) is 1. The molecule has 1 fully saturated rings. The first-order valence-electron chi connectivity index (χ1n) is 8.88. The van der Waals surface area contributed by atoms with E-state index in [0.29, 0.717) is 17.7 Å². The van der Waals surface area contributed by atoms with Crippen molar-refractivity contribution in [1.29, 1.82) is 0 Å². The summed E-state index contributed by atoms with van der Waals surface area (Å²) in [5, 5.41) is 14.6. The molecule has 0 spiro atoms. The molecule has 2 heterocycles. The summed E-state index contributed by atoms with van der Waals surface area (Å²) < 4.78 is 0. The lowest BCUT2D eigenvalue weighted by molar-refractivity contribution is -0.139. The molecule has 8 heteroatoms. The predicted octanol–water partition coefficient (Wildman–Crippen LogP) is 1.23. The van der Waals surface area contributed by atoms with E-state index in [1.807, 2.05) is 0 Å². The minimum atomic E-state index is -0.956. The zero-order valence-corrected chi connectivity index (χ0v) is 15.3. The van der Waals surface area contributed by atoms with Gasteiger partial charge in [-0.15, -0.1) is 0 Å². The third-order valence-corrected chi connectivity index (χ3v) is 4.91. The van der Waals surface area contributed by atoms with E-state index in [1.54, 1.807) is 38.1 Å². The molecule has 0 saturated carbocycles. The number of nitrogens with one attached hydrogen (secondary N) is 2. The zero-order chi connectivity index (χ0) is 19.8. The highest BCUT2D eigenvalue weighted by Crippen LogP contribution is 2.29. The number of carbonyl (C=O) groups excluding carboxylic acids is 3. The van der Waals surface area contributed by atoms with E-state index in [2.05, 4.69) is 10.6 Å². The molecule has 27 heavy (non-hydrogen) atoms. The van der Waals surface area contributed by atoms with Crippen LogP contribution in [0.5, 0.6) is 0 Å².